The second-order valence-corrected chi connectivity index (χ2v) is 5.17. The van der Waals surface area contributed by atoms with Gasteiger partial charge in [0, 0.05) is 32.2 Å². The van der Waals surface area contributed by atoms with Gasteiger partial charge in [-0.25, -0.2) is 0 Å². The van der Waals surface area contributed by atoms with E-state index in [0.717, 1.165) is 51.5 Å². The second kappa shape index (κ2) is 7.67. The molecule has 0 spiro atoms. The summed E-state index contributed by atoms with van der Waals surface area (Å²) in [6, 6.07) is 0.209. The van der Waals surface area contributed by atoms with E-state index in [0.29, 0.717) is 0 Å². The first-order valence-electron chi connectivity index (χ1n) is 6.76. The van der Waals surface area contributed by atoms with Gasteiger partial charge in [-0.05, 0) is 38.5 Å². The van der Waals surface area contributed by atoms with Gasteiger partial charge in [0.1, 0.15) is 0 Å². The molecule has 0 radical (unpaired) electrons. The molecule has 0 aliphatic heterocycles. The molecule has 0 aromatic carbocycles. The zero-order valence-corrected chi connectivity index (χ0v) is 10.9. The first-order chi connectivity index (χ1) is 8.15. The van der Waals surface area contributed by atoms with Gasteiger partial charge in [-0.2, -0.15) is 0 Å². The Bertz CT molecular complexity index is 233. The van der Waals surface area contributed by atoms with E-state index < -0.39 is 0 Å². The zero-order chi connectivity index (χ0) is 12.7. The molecule has 1 aliphatic rings. The number of amides is 1. The van der Waals surface area contributed by atoms with Gasteiger partial charge in [0.2, 0.25) is 5.91 Å². The van der Waals surface area contributed by atoms with Crippen molar-refractivity contribution in [2.24, 2.45) is 11.7 Å². The number of nitrogens with two attached hydrogens (primary N) is 1. The van der Waals surface area contributed by atoms with Crippen molar-refractivity contribution in [1.82, 2.24) is 4.90 Å². The second-order valence-electron chi connectivity index (χ2n) is 5.17. The largest absolute Gasteiger partial charge is 0.396 e. The molecule has 1 fully saturated rings. The number of hydrogen-bond donors (Lipinski definition) is 2. The lowest BCUT2D eigenvalue weighted by Gasteiger charge is -2.29. The maximum absolute atomic E-state index is 12.1. The van der Waals surface area contributed by atoms with Crippen molar-refractivity contribution < 1.29 is 9.90 Å². The number of rotatable bonds is 6. The third-order valence-corrected chi connectivity index (χ3v) is 3.59. The van der Waals surface area contributed by atoms with Crippen molar-refractivity contribution in [1.29, 1.82) is 0 Å². The van der Waals surface area contributed by atoms with Crippen molar-refractivity contribution >= 4 is 5.91 Å². The summed E-state index contributed by atoms with van der Waals surface area (Å²) in [5.74, 6) is 0.394. The minimum absolute atomic E-state index is 0.140. The highest BCUT2D eigenvalue weighted by molar-refractivity contribution is 5.78. The van der Waals surface area contributed by atoms with Gasteiger partial charge < -0.3 is 15.7 Å². The highest BCUT2D eigenvalue weighted by atomic mass is 16.2. The van der Waals surface area contributed by atoms with Crippen LogP contribution in [0.25, 0.3) is 0 Å². The number of unbranched alkanes of at least 4 members (excludes halogenated alkanes) is 2. The third-order valence-electron chi connectivity index (χ3n) is 3.59. The molecule has 0 aromatic heterocycles. The van der Waals surface area contributed by atoms with Crippen LogP contribution in [0.4, 0.5) is 0 Å². The Hall–Kier alpha value is -0.610. The standard InChI is InChI=1S/C13H26N2O2/c1-15(8-3-2-4-9-16)13(17)11-6-5-7-12(14)10-11/h11-12,16H,2-10,14H2,1H3. The van der Waals surface area contributed by atoms with Crippen LogP contribution in [0.3, 0.4) is 0 Å². The highest BCUT2D eigenvalue weighted by Gasteiger charge is 2.27. The highest BCUT2D eigenvalue weighted by Crippen LogP contribution is 2.24. The molecule has 4 heteroatoms. The van der Waals surface area contributed by atoms with Crippen molar-refractivity contribution in [3.8, 4) is 0 Å². The third kappa shape index (κ3) is 5.04. The van der Waals surface area contributed by atoms with E-state index >= 15 is 0 Å². The van der Waals surface area contributed by atoms with E-state index in [-0.39, 0.29) is 24.5 Å². The van der Waals surface area contributed by atoms with Gasteiger partial charge in [0.05, 0.1) is 0 Å². The summed E-state index contributed by atoms with van der Waals surface area (Å²) in [5, 5.41) is 8.68. The van der Waals surface area contributed by atoms with Crippen LogP contribution in [0.1, 0.15) is 44.9 Å². The predicted molar refractivity (Wildman–Crippen MR) is 68.5 cm³/mol. The summed E-state index contributed by atoms with van der Waals surface area (Å²) < 4.78 is 0. The van der Waals surface area contributed by atoms with E-state index in [2.05, 4.69) is 0 Å². The summed E-state index contributed by atoms with van der Waals surface area (Å²) in [6.45, 7) is 1.04. The molecule has 3 N–H and O–H groups in total. The molecule has 0 heterocycles. The van der Waals surface area contributed by atoms with Crippen molar-refractivity contribution in [2.45, 2.75) is 51.0 Å². The van der Waals surface area contributed by atoms with Crippen LogP contribution in [0.15, 0.2) is 0 Å². The summed E-state index contributed by atoms with van der Waals surface area (Å²) in [5.41, 5.74) is 5.90. The fourth-order valence-electron chi connectivity index (χ4n) is 2.51. The van der Waals surface area contributed by atoms with E-state index in [1.807, 2.05) is 11.9 Å². The van der Waals surface area contributed by atoms with E-state index in [1.165, 1.54) is 0 Å². The van der Waals surface area contributed by atoms with Gasteiger partial charge in [-0.15, -0.1) is 0 Å². The Morgan fingerprint density at radius 1 is 1.35 bits per heavy atom. The average Bonchev–Trinajstić information content (AvgIpc) is 2.33. The molecule has 2 unspecified atom stereocenters. The van der Waals surface area contributed by atoms with Crippen LogP contribution in [0, 0.1) is 5.92 Å². The Labute approximate surface area is 104 Å². The summed E-state index contributed by atoms with van der Waals surface area (Å²) in [4.78, 5) is 14.0. The van der Waals surface area contributed by atoms with E-state index in [9.17, 15) is 4.79 Å². The van der Waals surface area contributed by atoms with Crippen molar-refractivity contribution in [2.75, 3.05) is 20.2 Å². The summed E-state index contributed by atoms with van der Waals surface area (Å²) >= 11 is 0. The topological polar surface area (TPSA) is 66.6 Å². The van der Waals surface area contributed by atoms with Gasteiger partial charge in [0.15, 0.2) is 0 Å². The molecule has 1 rings (SSSR count). The van der Waals surface area contributed by atoms with Crippen LogP contribution in [-0.4, -0.2) is 42.2 Å². The number of hydrogen-bond acceptors (Lipinski definition) is 3. The molecule has 1 amide bonds. The first-order valence-corrected chi connectivity index (χ1v) is 6.76. The zero-order valence-electron chi connectivity index (χ0n) is 10.9. The van der Waals surface area contributed by atoms with Crippen LogP contribution in [0.5, 0.6) is 0 Å². The van der Waals surface area contributed by atoms with Crippen LogP contribution >= 0.6 is 0 Å². The summed E-state index contributed by atoms with van der Waals surface area (Å²) in [7, 11) is 1.88. The first kappa shape index (κ1) is 14.5. The quantitative estimate of drug-likeness (QED) is 0.686. The molecule has 17 heavy (non-hydrogen) atoms. The van der Waals surface area contributed by atoms with Gasteiger partial charge in [0.25, 0.3) is 0 Å². The van der Waals surface area contributed by atoms with E-state index in [1.54, 1.807) is 0 Å². The number of carbonyl (C=O) groups is 1. The lowest BCUT2D eigenvalue weighted by atomic mass is 9.85. The Morgan fingerprint density at radius 3 is 2.76 bits per heavy atom. The molecule has 0 bridgehead atoms. The van der Waals surface area contributed by atoms with Crippen LogP contribution < -0.4 is 5.73 Å². The average molecular weight is 242 g/mol. The lowest BCUT2D eigenvalue weighted by molar-refractivity contribution is -0.135. The molecular weight excluding hydrogens is 216 g/mol. The molecule has 1 saturated carbocycles. The number of aliphatic hydroxyl groups excluding tert-OH is 1. The smallest absolute Gasteiger partial charge is 0.225 e. The SMILES string of the molecule is CN(CCCCCO)C(=O)C1CCCC(N)C1. The summed E-state index contributed by atoms with van der Waals surface area (Å²) in [6.07, 6.45) is 6.77. The number of carbonyl (C=O) groups excluding carboxylic acids is 1. The molecular formula is C13H26N2O2. The lowest BCUT2D eigenvalue weighted by Crippen LogP contribution is -2.39. The Morgan fingerprint density at radius 2 is 2.12 bits per heavy atom. The Balaban J connectivity index is 2.25. The molecule has 2 atom stereocenters. The molecule has 1 aliphatic carbocycles. The monoisotopic (exact) mass is 242 g/mol. The number of nitrogens with zero attached hydrogens (tertiary/aromatic N) is 1. The normalized spacial score (nSPS) is 24.6. The fourth-order valence-corrected chi connectivity index (χ4v) is 2.51. The van der Waals surface area contributed by atoms with Gasteiger partial charge in [-0.3, -0.25) is 4.79 Å². The van der Waals surface area contributed by atoms with Crippen molar-refractivity contribution in [3.05, 3.63) is 0 Å². The Kier molecular flexibility index (Phi) is 6.52. The fraction of sp³-hybridized carbons (Fsp3) is 0.923. The van der Waals surface area contributed by atoms with Crippen molar-refractivity contribution in [3.63, 3.8) is 0 Å². The van der Waals surface area contributed by atoms with Gasteiger partial charge >= 0.3 is 0 Å². The number of aliphatic hydroxyl groups is 1. The minimum atomic E-state index is 0.140. The van der Waals surface area contributed by atoms with E-state index in [4.69, 9.17) is 10.8 Å². The van der Waals surface area contributed by atoms with Crippen LogP contribution in [-0.2, 0) is 4.79 Å². The maximum Gasteiger partial charge on any atom is 0.225 e. The van der Waals surface area contributed by atoms with Gasteiger partial charge in [-0.1, -0.05) is 6.42 Å². The minimum Gasteiger partial charge on any atom is -0.396 e. The molecule has 0 aromatic rings. The molecule has 0 saturated heterocycles. The molecule has 100 valence electrons. The maximum atomic E-state index is 12.1. The predicted octanol–water partition coefficient (Wildman–Crippen LogP) is 1.12. The van der Waals surface area contributed by atoms with Crippen LogP contribution in [0.2, 0.25) is 0 Å². The molecule has 4 nitrogen and oxygen atoms in total.